The zero-order valence-electron chi connectivity index (χ0n) is 9.00. The third kappa shape index (κ3) is 3.15. The third-order valence-electron chi connectivity index (χ3n) is 2.14. The molecule has 0 saturated heterocycles. The molecule has 2 aromatic rings. The van der Waals surface area contributed by atoms with Gasteiger partial charge in [0.2, 0.25) is 0 Å². The molecule has 84 valence electrons. The lowest BCUT2D eigenvalue weighted by Gasteiger charge is -2.02. The van der Waals surface area contributed by atoms with Gasteiger partial charge in [0.15, 0.2) is 5.82 Å². The molecule has 2 rings (SSSR count). The van der Waals surface area contributed by atoms with Crippen LogP contribution in [0.25, 0.3) is 0 Å². The summed E-state index contributed by atoms with van der Waals surface area (Å²) in [6.07, 6.45) is 0. The minimum Gasteiger partial charge on any atom is -0.306 e. The zero-order valence-corrected chi connectivity index (χ0v) is 10.6. The fourth-order valence-electron chi connectivity index (χ4n) is 1.43. The van der Waals surface area contributed by atoms with Crippen LogP contribution in [-0.2, 0) is 13.1 Å². The van der Waals surface area contributed by atoms with E-state index in [0.717, 1.165) is 22.7 Å². The number of nitrogens with one attached hydrogen (secondary N) is 2. The van der Waals surface area contributed by atoms with E-state index >= 15 is 0 Å². The second-order valence-corrected chi connectivity index (χ2v) is 4.49. The Kier molecular flexibility index (Phi) is 3.69. The molecular weight excluding hydrogens is 268 g/mol. The molecule has 0 atom stereocenters. The Morgan fingerprint density at radius 3 is 2.94 bits per heavy atom. The van der Waals surface area contributed by atoms with Gasteiger partial charge in [0.1, 0.15) is 5.82 Å². The van der Waals surface area contributed by atoms with Gasteiger partial charge in [-0.1, -0.05) is 28.1 Å². The van der Waals surface area contributed by atoms with E-state index in [2.05, 4.69) is 48.6 Å². The first kappa shape index (κ1) is 11.3. The molecule has 2 N–H and O–H groups in total. The summed E-state index contributed by atoms with van der Waals surface area (Å²) in [7, 11) is 0. The van der Waals surface area contributed by atoms with Crippen LogP contribution in [0.2, 0.25) is 0 Å². The predicted molar refractivity (Wildman–Crippen MR) is 65.8 cm³/mol. The number of rotatable bonds is 4. The van der Waals surface area contributed by atoms with Crippen molar-refractivity contribution in [3.63, 3.8) is 0 Å². The van der Waals surface area contributed by atoms with Crippen LogP contribution in [0.3, 0.4) is 0 Å². The number of aryl methyl sites for hydroxylation is 1. The third-order valence-corrected chi connectivity index (χ3v) is 2.64. The summed E-state index contributed by atoms with van der Waals surface area (Å²) in [5.74, 6) is 1.65. The Bertz CT molecular complexity index is 467. The molecule has 0 spiro atoms. The highest BCUT2D eigenvalue weighted by molar-refractivity contribution is 9.10. The molecule has 1 heterocycles. The zero-order chi connectivity index (χ0) is 11.4. The maximum Gasteiger partial charge on any atom is 0.164 e. The van der Waals surface area contributed by atoms with E-state index in [0.29, 0.717) is 6.54 Å². The van der Waals surface area contributed by atoms with Crippen LogP contribution in [0.4, 0.5) is 0 Å². The Morgan fingerprint density at radius 1 is 1.38 bits per heavy atom. The fourth-order valence-corrected chi connectivity index (χ4v) is 1.88. The lowest BCUT2D eigenvalue weighted by Crippen LogP contribution is -2.13. The maximum atomic E-state index is 4.22. The number of benzene rings is 1. The molecule has 4 nitrogen and oxygen atoms in total. The second-order valence-electron chi connectivity index (χ2n) is 3.57. The second kappa shape index (κ2) is 5.23. The number of nitrogens with zero attached hydrogens (tertiary/aromatic N) is 2. The SMILES string of the molecule is Cc1nc(CNCc2cccc(Br)c2)n[nH]1. The number of hydrogen-bond acceptors (Lipinski definition) is 3. The van der Waals surface area contributed by atoms with Crippen LogP contribution in [0.15, 0.2) is 28.7 Å². The topological polar surface area (TPSA) is 53.6 Å². The normalized spacial score (nSPS) is 10.6. The average Bonchev–Trinajstić information content (AvgIpc) is 2.64. The predicted octanol–water partition coefficient (Wildman–Crippen LogP) is 2.17. The Balaban J connectivity index is 1.84. The lowest BCUT2D eigenvalue weighted by molar-refractivity contribution is 0.664. The summed E-state index contributed by atoms with van der Waals surface area (Å²) in [6.45, 7) is 3.38. The van der Waals surface area contributed by atoms with Gasteiger partial charge < -0.3 is 5.32 Å². The molecule has 0 aliphatic carbocycles. The number of aromatic amines is 1. The Hall–Kier alpha value is -1.20. The van der Waals surface area contributed by atoms with Crippen molar-refractivity contribution in [1.82, 2.24) is 20.5 Å². The van der Waals surface area contributed by atoms with Crippen LogP contribution in [0.5, 0.6) is 0 Å². The van der Waals surface area contributed by atoms with Crippen molar-refractivity contribution in [2.24, 2.45) is 0 Å². The number of halogens is 1. The highest BCUT2D eigenvalue weighted by Crippen LogP contribution is 2.11. The van der Waals surface area contributed by atoms with Gasteiger partial charge in [-0.15, -0.1) is 0 Å². The molecule has 0 amide bonds. The summed E-state index contributed by atoms with van der Waals surface area (Å²) in [5, 5.41) is 10.2. The van der Waals surface area contributed by atoms with Crippen LogP contribution in [0.1, 0.15) is 17.2 Å². The van der Waals surface area contributed by atoms with E-state index in [9.17, 15) is 0 Å². The largest absolute Gasteiger partial charge is 0.306 e. The van der Waals surface area contributed by atoms with Gasteiger partial charge in [0.05, 0.1) is 6.54 Å². The van der Waals surface area contributed by atoms with Gasteiger partial charge in [0, 0.05) is 11.0 Å². The summed E-state index contributed by atoms with van der Waals surface area (Å²) in [5.41, 5.74) is 1.24. The first-order valence-electron chi connectivity index (χ1n) is 5.07. The Labute approximate surface area is 103 Å². The van der Waals surface area contributed by atoms with Gasteiger partial charge in [-0.25, -0.2) is 4.98 Å². The molecule has 0 radical (unpaired) electrons. The summed E-state index contributed by atoms with van der Waals surface area (Å²) >= 11 is 3.44. The molecule has 0 aliphatic heterocycles. The van der Waals surface area contributed by atoms with Crippen LogP contribution < -0.4 is 5.32 Å². The van der Waals surface area contributed by atoms with Crippen LogP contribution >= 0.6 is 15.9 Å². The summed E-state index contributed by atoms with van der Waals surface area (Å²) in [4.78, 5) is 4.22. The first-order chi connectivity index (χ1) is 7.74. The standard InChI is InChI=1S/C11H13BrN4/c1-8-14-11(16-15-8)7-13-6-9-3-2-4-10(12)5-9/h2-5,13H,6-7H2,1H3,(H,14,15,16). The minimum atomic E-state index is 0.677. The maximum absolute atomic E-state index is 4.22. The molecule has 0 aliphatic rings. The van der Waals surface area contributed by atoms with Crippen LogP contribution in [0, 0.1) is 6.92 Å². The molecule has 5 heteroatoms. The highest BCUT2D eigenvalue weighted by atomic mass is 79.9. The van der Waals surface area contributed by atoms with E-state index in [1.165, 1.54) is 5.56 Å². The molecule has 0 fully saturated rings. The van der Waals surface area contributed by atoms with Crippen molar-refractivity contribution >= 4 is 15.9 Å². The monoisotopic (exact) mass is 280 g/mol. The summed E-state index contributed by atoms with van der Waals surface area (Å²) in [6, 6.07) is 8.22. The van der Waals surface area contributed by atoms with E-state index in [-0.39, 0.29) is 0 Å². The van der Waals surface area contributed by atoms with Gasteiger partial charge in [-0.05, 0) is 24.6 Å². The van der Waals surface area contributed by atoms with Crippen molar-refractivity contribution in [3.05, 3.63) is 46.0 Å². The van der Waals surface area contributed by atoms with Crippen molar-refractivity contribution in [1.29, 1.82) is 0 Å². The number of hydrogen-bond donors (Lipinski definition) is 2. The first-order valence-corrected chi connectivity index (χ1v) is 5.86. The van der Waals surface area contributed by atoms with E-state index < -0.39 is 0 Å². The van der Waals surface area contributed by atoms with Gasteiger partial charge in [-0.3, -0.25) is 5.10 Å². The average molecular weight is 281 g/mol. The highest BCUT2D eigenvalue weighted by Gasteiger charge is 1.99. The van der Waals surface area contributed by atoms with E-state index in [1.54, 1.807) is 0 Å². The fraction of sp³-hybridized carbons (Fsp3) is 0.273. The molecular formula is C11H13BrN4. The smallest absolute Gasteiger partial charge is 0.164 e. The summed E-state index contributed by atoms with van der Waals surface area (Å²) < 4.78 is 1.10. The Morgan fingerprint density at radius 2 is 2.25 bits per heavy atom. The number of aromatic nitrogens is 3. The van der Waals surface area contributed by atoms with Gasteiger partial charge in [-0.2, -0.15) is 5.10 Å². The van der Waals surface area contributed by atoms with Gasteiger partial charge in [0.25, 0.3) is 0 Å². The van der Waals surface area contributed by atoms with Crippen molar-refractivity contribution < 1.29 is 0 Å². The van der Waals surface area contributed by atoms with Crippen LogP contribution in [-0.4, -0.2) is 15.2 Å². The lowest BCUT2D eigenvalue weighted by atomic mass is 10.2. The quantitative estimate of drug-likeness (QED) is 0.903. The molecule has 0 unspecified atom stereocenters. The van der Waals surface area contributed by atoms with Crippen molar-refractivity contribution in [3.8, 4) is 0 Å². The molecule has 0 bridgehead atoms. The van der Waals surface area contributed by atoms with Gasteiger partial charge >= 0.3 is 0 Å². The molecule has 0 saturated carbocycles. The molecule has 1 aromatic carbocycles. The van der Waals surface area contributed by atoms with Crippen molar-refractivity contribution in [2.45, 2.75) is 20.0 Å². The molecule has 1 aromatic heterocycles. The van der Waals surface area contributed by atoms with E-state index in [1.807, 2.05) is 19.1 Å². The molecule has 16 heavy (non-hydrogen) atoms. The minimum absolute atomic E-state index is 0.677. The number of H-pyrrole nitrogens is 1. The van der Waals surface area contributed by atoms with E-state index in [4.69, 9.17) is 0 Å². The van der Waals surface area contributed by atoms with Crippen molar-refractivity contribution in [2.75, 3.05) is 0 Å².